The van der Waals surface area contributed by atoms with Crippen LogP contribution in [-0.2, 0) is 9.59 Å². The van der Waals surface area contributed by atoms with Gasteiger partial charge in [-0.05, 0) is 43.2 Å². The number of amides is 2. The number of rotatable bonds is 7. The van der Waals surface area contributed by atoms with Crippen LogP contribution < -0.4 is 5.32 Å². The van der Waals surface area contributed by atoms with Crippen LogP contribution in [0.3, 0.4) is 0 Å². The summed E-state index contributed by atoms with van der Waals surface area (Å²) in [7, 11) is 0. The Morgan fingerprint density at radius 3 is 2.40 bits per heavy atom. The molecule has 5 nitrogen and oxygen atoms in total. The van der Waals surface area contributed by atoms with Crippen molar-refractivity contribution in [2.24, 2.45) is 5.92 Å². The minimum absolute atomic E-state index is 0. The molecule has 3 fully saturated rings. The average Bonchev–Trinajstić information content (AvgIpc) is 3.56. The Bertz CT molecular complexity index is 878. The highest BCUT2D eigenvalue weighted by Gasteiger charge is 2.43. The lowest BCUT2D eigenvalue weighted by Crippen LogP contribution is -2.46. The summed E-state index contributed by atoms with van der Waals surface area (Å²) in [5.74, 6) is -3.28. The number of carbonyl (C=O) groups is 3. The molecule has 35 heavy (non-hydrogen) atoms. The first kappa shape index (κ1) is 29.6. The Balaban J connectivity index is 0.000000826. The van der Waals surface area contributed by atoms with Crippen molar-refractivity contribution in [1.82, 2.24) is 10.2 Å². The Kier molecular flexibility index (Phi) is 11.5. The molecule has 2 saturated carbocycles. The van der Waals surface area contributed by atoms with Crippen LogP contribution in [0.2, 0.25) is 0 Å². The van der Waals surface area contributed by atoms with Gasteiger partial charge in [-0.3, -0.25) is 14.4 Å². The summed E-state index contributed by atoms with van der Waals surface area (Å²) in [5, 5.41) is 2.85. The number of piperidine rings is 1. The fraction of sp³-hybridized carbons (Fsp3) is 0.654. The number of nitrogens with zero attached hydrogens (tertiary/aromatic N) is 1. The van der Waals surface area contributed by atoms with Crippen molar-refractivity contribution in [3.05, 3.63) is 35.1 Å². The fourth-order valence-electron chi connectivity index (χ4n) is 4.86. The lowest BCUT2D eigenvalue weighted by Gasteiger charge is -2.31. The molecule has 0 spiro atoms. The first-order valence-electron chi connectivity index (χ1n) is 12.4. The smallest absolute Gasteiger partial charge is 0.254 e. The third-order valence-corrected chi connectivity index (χ3v) is 7.05. The summed E-state index contributed by atoms with van der Waals surface area (Å²) in [6.45, 7) is 2.95. The van der Waals surface area contributed by atoms with Gasteiger partial charge in [0.15, 0.2) is 5.78 Å². The molecule has 2 aliphatic carbocycles. The van der Waals surface area contributed by atoms with E-state index in [1.807, 2.05) is 0 Å². The molecular formula is C26H38F3IN2O3. The highest BCUT2D eigenvalue weighted by Crippen LogP contribution is 2.40. The van der Waals surface area contributed by atoms with Crippen molar-refractivity contribution in [1.29, 1.82) is 0 Å². The van der Waals surface area contributed by atoms with Crippen molar-refractivity contribution < 1.29 is 29.0 Å². The number of alkyl halides is 2. The standard InChI is InChI=1S/C23H31FN2O3.C3H4F2.HI.H2/c1-2-20(28)22(16-8-4-3-5-9-16)25-23(29)19-12-6-11-18(21(19)24)17-10-7-13-26(14-17)15-27;4-3(5)1-2-3;;/h6,11-12,15-17,22H,2-5,7-10,13-14H2,1H3,(H,25,29);1-2H2;2*1H/t17?,22-;;;/m1.../s1. The van der Waals surface area contributed by atoms with Gasteiger partial charge in [-0.1, -0.05) is 38.3 Å². The third-order valence-electron chi connectivity index (χ3n) is 7.05. The molecule has 1 N–H and O–H groups in total. The van der Waals surface area contributed by atoms with E-state index in [2.05, 4.69) is 5.32 Å². The molecule has 9 heteroatoms. The Morgan fingerprint density at radius 1 is 1.17 bits per heavy atom. The van der Waals surface area contributed by atoms with Gasteiger partial charge < -0.3 is 10.2 Å². The number of ketones is 1. The van der Waals surface area contributed by atoms with Gasteiger partial charge in [0, 0.05) is 39.7 Å². The number of hydrogen-bond donors (Lipinski definition) is 1. The predicted octanol–water partition coefficient (Wildman–Crippen LogP) is 6.10. The average molecular weight is 610 g/mol. The number of carbonyl (C=O) groups excluding carboxylic acids is 3. The maximum absolute atomic E-state index is 15.3. The van der Waals surface area contributed by atoms with E-state index in [4.69, 9.17) is 0 Å². The normalized spacial score (nSPS) is 22.1. The molecule has 1 aliphatic heterocycles. The number of Topliss-reactive ketones (excluding diaryl/α,β-unsaturated/α-hetero) is 1. The summed E-state index contributed by atoms with van der Waals surface area (Å²) in [4.78, 5) is 38.2. The van der Waals surface area contributed by atoms with Crippen LogP contribution in [0.4, 0.5) is 13.2 Å². The molecule has 1 heterocycles. The van der Waals surface area contributed by atoms with Crippen LogP contribution in [0.5, 0.6) is 0 Å². The van der Waals surface area contributed by atoms with E-state index in [0.29, 0.717) is 25.1 Å². The summed E-state index contributed by atoms with van der Waals surface area (Å²) in [6.07, 6.45) is 8.11. The van der Waals surface area contributed by atoms with E-state index in [-0.39, 0.29) is 61.4 Å². The minimum atomic E-state index is -2.25. The van der Waals surface area contributed by atoms with Crippen molar-refractivity contribution in [3.8, 4) is 0 Å². The second kappa shape index (κ2) is 13.6. The van der Waals surface area contributed by atoms with Gasteiger partial charge in [0.25, 0.3) is 5.91 Å². The quantitative estimate of drug-likeness (QED) is 0.300. The number of halogens is 4. The molecule has 0 radical (unpaired) electrons. The summed E-state index contributed by atoms with van der Waals surface area (Å²) < 4.78 is 37.5. The van der Waals surface area contributed by atoms with E-state index in [9.17, 15) is 23.2 Å². The van der Waals surface area contributed by atoms with Crippen LogP contribution in [-0.4, -0.2) is 48.1 Å². The predicted molar refractivity (Wildman–Crippen MR) is 141 cm³/mol. The van der Waals surface area contributed by atoms with E-state index in [1.165, 1.54) is 6.07 Å². The molecule has 1 unspecified atom stereocenters. The van der Waals surface area contributed by atoms with Gasteiger partial charge in [0.2, 0.25) is 12.3 Å². The molecule has 2 amide bonds. The van der Waals surface area contributed by atoms with Crippen LogP contribution in [0.15, 0.2) is 18.2 Å². The maximum atomic E-state index is 15.3. The fourth-order valence-corrected chi connectivity index (χ4v) is 4.86. The van der Waals surface area contributed by atoms with E-state index < -0.39 is 23.7 Å². The molecular weight excluding hydrogens is 572 g/mol. The Labute approximate surface area is 224 Å². The van der Waals surface area contributed by atoms with Crippen LogP contribution in [0, 0.1) is 11.7 Å². The molecule has 3 aliphatic rings. The monoisotopic (exact) mass is 610 g/mol. The highest BCUT2D eigenvalue weighted by molar-refractivity contribution is 14.0. The van der Waals surface area contributed by atoms with Crippen LogP contribution in [0.25, 0.3) is 0 Å². The molecule has 4 rings (SSSR count). The zero-order valence-corrected chi connectivity index (χ0v) is 22.6. The number of benzene rings is 1. The Morgan fingerprint density at radius 2 is 1.83 bits per heavy atom. The first-order valence-corrected chi connectivity index (χ1v) is 12.4. The van der Waals surface area contributed by atoms with E-state index >= 15 is 4.39 Å². The molecule has 1 aromatic carbocycles. The summed E-state index contributed by atoms with van der Waals surface area (Å²) in [5.41, 5.74) is 0.454. The van der Waals surface area contributed by atoms with Gasteiger partial charge in [-0.15, -0.1) is 24.0 Å². The number of hydrogen-bond acceptors (Lipinski definition) is 3. The van der Waals surface area contributed by atoms with E-state index in [1.54, 1.807) is 24.0 Å². The molecule has 2 atom stereocenters. The molecule has 198 valence electrons. The number of likely N-dealkylation sites (tertiary alicyclic amines) is 1. The van der Waals surface area contributed by atoms with E-state index in [0.717, 1.165) is 51.4 Å². The van der Waals surface area contributed by atoms with Crippen molar-refractivity contribution >= 4 is 42.1 Å². The first-order chi connectivity index (χ1) is 16.3. The van der Waals surface area contributed by atoms with Crippen molar-refractivity contribution in [2.45, 2.75) is 89.0 Å². The summed E-state index contributed by atoms with van der Waals surface area (Å²) >= 11 is 0. The second-order valence-electron chi connectivity index (χ2n) is 9.67. The Hall–Kier alpha value is -1.65. The lowest BCUT2D eigenvalue weighted by molar-refractivity contribution is -0.122. The van der Waals surface area contributed by atoms with Crippen molar-refractivity contribution in [3.63, 3.8) is 0 Å². The highest BCUT2D eigenvalue weighted by atomic mass is 127. The van der Waals surface area contributed by atoms with Gasteiger partial charge in [0.1, 0.15) is 5.82 Å². The van der Waals surface area contributed by atoms with Gasteiger partial charge in [-0.2, -0.15) is 0 Å². The van der Waals surface area contributed by atoms with Gasteiger partial charge in [-0.25, -0.2) is 13.2 Å². The zero-order valence-electron chi connectivity index (χ0n) is 20.2. The molecule has 1 saturated heterocycles. The SMILES string of the molecule is CCC(=O)[C@H](NC(=O)c1cccc(C2CCCN(C=O)C2)c1F)C1CCCCC1.FC1(F)CC1.I.[HH]. The third kappa shape index (κ3) is 8.46. The van der Waals surface area contributed by atoms with Crippen LogP contribution in [0.1, 0.15) is 94.4 Å². The molecule has 0 bridgehead atoms. The zero-order chi connectivity index (χ0) is 24.7. The summed E-state index contributed by atoms with van der Waals surface area (Å²) in [6, 6.07) is 4.31. The lowest BCUT2D eigenvalue weighted by atomic mass is 9.81. The van der Waals surface area contributed by atoms with Gasteiger partial charge in [0.05, 0.1) is 11.6 Å². The van der Waals surface area contributed by atoms with Gasteiger partial charge >= 0.3 is 0 Å². The molecule has 0 aromatic heterocycles. The second-order valence-corrected chi connectivity index (χ2v) is 9.67. The number of nitrogens with one attached hydrogen (secondary N) is 1. The largest absolute Gasteiger partial charge is 0.345 e. The van der Waals surface area contributed by atoms with Crippen molar-refractivity contribution in [2.75, 3.05) is 13.1 Å². The minimum Gasteiger partial charge on any atom is -0.345 e. The van der Waals surface area contributed by atoms with Crippen LogP contribution >= 0.6 is 24.0 Å². The molecule has 1 aromatic rings. The topological polar surface area (TPSA) is 66.5 Å². The maximum Gasteiger partial charge on any atom is 0.254 e.